The summed E-state index contributed by atoms with van der Waals surface area (Å²) in [5.74, 6) is -1.33. The van der Waals surface area contributed by atoms with E-state index < -0.39 is 23.5 Å². The van der Waals surface area contributed by atoms with Crippen molar-refractivity contribution in [1.82, 2.24) is 4.90 Å². The second kappa shape index (κ2) is 10.3. The molecule has 1 amide bonds. The molecule has 1 fully saturated rings. The number of methoxy groups -OCH3 is 4. The number of carbonyl (C=O) groups excluding carboxylic acids is 2. The normalized spacial score (nSPS) is 17.4. The minimum absolute atomic E-state index is 0.0756. The van der Waals surface area contributed by atoms with Crippen LogP contribution < -0.4 is 14.2 Å². The average molecular weight is 496 g/mol. The van der Waals surface area contributed by atoms with Gasteiger partial charge in [0.1, 0.15) is 11.5 Å². The van der Waals surface area contributed by atoms with Gasteiger partial charge in [-0.2, -0.15) is 0 Å². The van der Waals surface area contributed by atoms with Crippen molar-refractivity contribution in [3.8, 4) is 17.2 Å². The molecule has 33 heavy (non-hydrogen) atoms. The fourth-order valence-corrected chi connectivity index (χ4v) is 4.41. The standard InChI is InChI=1S/C23H23Cl2NO7/c1-30-9-8-26-18(13-6-5-7-16(31-2)22(13)33-4)17(20(28)23(26)29)19(27)14-10-12(24)11-15(25)21(14)32-3/h5-7,10-11,18,27H,8-9H2,1-4H3/b19-17+. The van der Waals surface area contributed by atoms with Crippen molar-refractivity contribution in [3.05, 3.63) is 57.1 Å². The van der Waals surface area contributed by atoms with E-state index in [2.05, 4.69) is 0 Å². The molecule has 1 atom stereocenters. The Kier molecular flexibility index (Phi) is 7.73. The molecule has 10 heteroatoms. The van der Waals surface area contributed by atoms with Crippen molar-refractivity contribution < 1.29 is 33.6 Å². The van der Waals surface area contributed by atoms with Crippen LogP contribution in [0.3, 0.4) is 0 Å². The summed E-state index contributed by atoms with van der Waals surface area (Å²) in [6.45, 7) is 0.262. The van der Waals surface area contributed by atoms with E-state index in [1.165, 1.54) is 45.5 Å². The van der Waals surface area contributed by atoms with Crippen LogP contribution in [0.1, 0.15) is 17.2 Å². The van der Waals surface area contributed by atoms with Crippen LogP contribution in [0.4, 0.5) is 0 Å². The minimum Gasteiger partial charge on any atom is -0.507 e. The Morgan fingerprint density at radius 1 is 1.03 bits per heavy atom. The maximum atomic E-state index is 13.2. The highest BCUT2D eigenvalue weighted by Crippen LogP contribution is 2.47. The summed E-state index contributed by atoms with van der Waals surface area (Å²) in [4.78, 5) is 27.5. The van der Waals surface area contributed by atoms with Gasteiger partial charge in [-0.3, -0.25) is 9.59 Å². The van der Waals surface area contributed by atoms with Crippen molar-refractivity contribution in [3.63, 3.8) is 0 Å². The van der Waals surface area contributed by atoms with Crippen molar-refractivity contribution in [2.45, 2.75) is 6.04 Å². The lowest BCUT2D eigenvalue weighted by Gasteiger charge is -2.27. The quantitative estimate of drug-likeness (QED) is 0.334. The molecular weight excluding hydrogens is 473 g/mol. The van der Waals surface area contributed by atoms with E-state index in [0.717, 1.165) is 0 Å². The Morgan fingerprint density at radius 2 is 1.73 bits per heavy atom. The smallest absolute Gasteiger partial charge is 0.295 e. The molecule has 1 saturated heterocycles. The first-order valence-corrected chi connectivity index (χ1v) is 10.6. The summed E-state index contributed by atoms with van der Waals surface area (Å²) in [6, 6.07) is 6.93. The molecule has 1 aliphatic rings. The molecule has 1 N–H and O–H groups in total. The predicted molar refractivity (Wildman–Crippen MR) is 123 cm³/mol. The number of para-hydroxylation sites is 1. The largest absolute Gasteiger partial charge is 0.507 e. The number of Topliss-reactive ketones (excluding diaryl/α,β-unsaturated/α-hetero) is 1. The lowest BCUT2D eigenvalue weighted by Crippen LogP contribution is -2.32. The van der Waals surface area contributed by atoms with Gasteiger partial charge in [-0.25, -0.2) is 0 Å². The molecule has 1 aliphatic heterocycles. The van der Waals surface area contributed by atoms with Crippen molar-refractivity contribution in [2.24, 2.45) is 0 Å². The van der Waals surface area contributed by atoms with E-state index in [0.29, 0.717) is 17.1 Å². The Bertz CT molecular complexity index is 1120. The highest BCUT2D eigenvalue weighted by atomic mass is 35.5. The first-order chi connectivity index (χ1) is 15.8. The summed E-state index contributed by atoms with van der Waals surface area (Å²) >= 11 is 12.4. The number of hydrogen-bond acceptors (Lipinski definition) is 7. The van der Waals surface area contributed by atoms with Gasteiger partial charge < -0.3 is 29.0 Å². The van der Waals surface area contributed by atoms with E-state index in [9.17, 15) is 14.7 Å². The topological polar surface area (TPSA) is 94.5 Å². The number of benzene rings is 2. The van der Waals surface area contributed by atoms with E-state index in [1.807, 2.05) is 0 Å². The number of likely N-dealkylation sites (tertiary alicyclic amines) is 1. The lowest BCUT2D eigenvalue weighted by molar-refractivity contribution is -0.140. The second-order valence-corrected chi connectivity index (χ2v) is 7.88. The lowest BCUT2D eigenvalue weighted by atomic mass is 9.94. The van der Waals surface area contributed by atoms with Gasteiger partial charge in [0, 0.05) is 24.2 Å². The number of rotatable bonds is 8. The number of carbonyl (C=O) groups is 2. The first-order valence-electron chi connectivity index (χ1n) is 9.82. The Hall–Kier alpha value is -2.94. The third-order valence-corrected chi connectivity index (χ3v) is 5.77. The van der Waals surface area contributed by atoms with Crippen LogP contribution >= 0.6 is 23.2 Å². The van der Waals surface area contributed by atoms with Gasteiger partial charge in [-0.1, -0.05) is 35.3 Å². The minimum atomic E-state index is -0.993. The molecule has 0 spiro atoms. The average Bonchev–Trinajstić information content (AvgIpc) is 3.05. The zero-order chi connectivity index (χ0) is 24.3. The number of aliphatic hydroxyl groups excluding tert-OH is 1. The number of halogens is 2. The number of hydrogen-bond donors (Lipinski definition) is 1. The molecule has 3 rings (SSSR count). The van der Waals surface area contributed by atoms with E-state index in [-0.39, 0.29) is 40.1 Å². The van der Waals surface area contributed by atoms with Crippen molar-refractivity contribution in [2.75, 3.05) is 41.6 Å². The van der Waals surface area contributed by atoms with Crippen LogP contribution in [0.5, 0.6) is 17.2 Å². The van der Waals surface area contributed by atoms with Crippen LogP contribution in [-0.2, 0) is 14.3 Å². The van der Waals surface area contributed by atoms with Gasteiger partial charge >= 0.3 is 0 Å². The summed E-state index contributed by atoms with van der Waals surface area (Å²) in [6.07, 6.45) is 0. The summed E-state index contributed by atoms with van der Waals surface area (Å²) in [7, 11) is 5.77. The van der Waals surface area contributed by atoms with Gasteiger partial charge in [-0.15, -0.1) is 0 Å². The van der Waals surface area contributed by atoms with Crippen LogP contribution in [0.2, 0.25) is 10.0 Å². The van der Waals surface area contributed by atoms with Crippen LogP contribution in [0.25, 0.3) is 5.76 Å². The maximum Gasteiger partial charge on any atom is 0.295 e. The first kappa shape index (κ1) is 24.7. The van der Waals surface area contributed by atoms with Gasteiger partial charge in [0.15, 0.2) is 11.5 Å². The highest BCUT2D eigenvalue weighted by Gasteiger charge is 2.47. The number of ether oxygens (including phenoxy) is 4. The van der Waals surface area contributed by atoms with Crippen LogP contribution in [-0.4, -0.2) is 63.3 Å². The zero-order valence-corrected chi connectivity index (χ0v) is 20.0. The van der Waals surface area contributed by atoms with E-state index >= 15 is 0 Å². The molecule has 0 aromatic heterocycles. The Balaban J connectivity index is 2.34. The number of amides is 1. The summed E-state index contributed by atoms with van der Waals surface area (Å²) in [5, 5.41) is 11.7. The summed E-state index contributed by atoms with van der Waals surface area (Å²) in [5.41, 5.74) is 0.353. The zero-order valence-electron chi connectivity index (χ0n) is 18.5. The van der Waals surface area contributed by atoms with Gasteiger partial charge in [0.05, 0.1) is 50.1 Å². The number of aliphatic hydroxyl groups is 1. The molecule has 176 valence electrons. The van der Waals surface area contributed by atoms with Crippen LogP contribution in [0, 0.1) is 0 Å². The van der Waals surface area contributed by atoms with E-state index in [1.54, 1.807) is 18.2 Å². The second-order valence-electron chi connectivity index (χ2n) is 7.04. The number of ketones is 1. The molecule has 2 aromatic rings. The van der Waals surface area contributed by atoms with Gasteiger partial charge in [-0.05, 0) is 18.2 Å². The third kappa shape index (κ3) is 4.46. The molecule has 1 unspecified atom stereocenters. The monoisotopic (exact) mass is 495 g/mol. The van der Waals surface area contributed by atoms with Crippen molar-refractivity contribution in [1.29, 1.82) is 0 Å². The molecule has 0 aliphatic carbocycles. The van der Waals surface area contributed by atoms with Crippen molar-refractivity contribution >= 4 is 40.7 Å². The van der Waals surface area contributed by atoms with Gasteiger partial charge in [0.25, 0.3) is 11.7 Å². The molecule has 0 bridgehead atoms. The SMILES string of the molecule is COCCN1C(=O)C(=O)/C(=C(/O)c2cc(Cl)cc(Cl)c2OC)C1c1cccc(OC)c1OC. The molecular formula is C23H23Cl2NO7. The number of nitrogens with zero attached hydrogens (tertiary/aromatic N) is 1. The third-order valence-electron chi connectivity index (χ3n) is 5.27. The highest BCUT2D eigenvalue weighted by molar-refractivity contribution is 6.47. The predicted octanol–water partition coefficient (Wildman–Crippen LogP) is 4.09. The fourth-order valence-electron chi connectivity index (χ4n) is 3.84. The van der Waals surface area contributed by atoms with E-state index in [4.69, 9.17) is 42.1 Å². The molecule has 0 saturated carbocycles. The van der Waals surface area contributed by atoms with Crippen LogP contribution in [0.15, 0.2) is 35.9 Å². The Labute approximate surface area is 201 Å². The molecule has 1 heterocycles. The summed E-state index contributed by atoms with van der Waals surface area (Å²) < 4.78 is 21.4. The molecule has 2 aromatic carbocycles. The fraction of sp³-hybridized carbons (Fsp3) is 0.304. The molecule has 8 nitrogen and oxygen atoms in total. The Morgan fingerprint density at radius 3 is 2.33 bits per heavy atom. The van der Waals surface area contributed by atoms with Gasteiger partial charge in [0.2, 0.25) is 0 Å². The molecule has 0 radical (unpaired) electrons. The maximum absolute atomic E-state index is 13.2.